The van der Waals surface area contributed by atoms with Gasteiger partial charge in [-0.15, -0.1) is 0 Å². The maximum Gasteiger partial charge on any atom is 0.326 e. The lowest BCUT2D eigenvalue weighted by Crippen LogP contribution is -2.58. The van der Waals surface area contributed by atoms with Gasteiger partial charge in [0.25, 0.3) is 0 Å². The van der Waals surface area contributed by atoms with Gasteiger partial charge in [0.2, 0.25) is 35.4 Å². The molecule has 0 radical (unpaired) electrons. The highest BCUT2D eigenvalue weighted by Crippen LogP contribution is 2.07. The molecule has 0 saturated carbocycles. The zero-order valence-corrected chi connectivity index (χ0v) is 20.6. The number of hydrogen-bond donors (Lipinski definition) is 8. The van der Waals surface area contributed by atoms with Gasteiger partial charge in [-0.05, 0) is 18.4 Å². The largest absolute Gasteiger partial charge is 0.480 e. The number of benzene rings is 1. The van der Waals surface area contributed by atoms with E-state index in [4.69, 9.17) is 22.9 Å². The Labute approximate surface area is 218 Å². The zero-order chi connectivity index (χ0) is 28.8. The first-order valence-corrected chi connectivity index (χ1v) is 11.6. The van der Waals surface area contributed by atoms with Crippen molar-refractivity contribution in [1.82, 2.24) is 16.0 Å². The molecule has 0 aliphatic heterocycles. The van der Waals surface area contributed by atoms with Crippen LogP contribution >= 0.6 is 0 Å². The van der Waals surface area contributed by atoms with Crippen molar-refractivity contribution in [3.8, 4) is 0 Å². The van der Waals surface area contributed by atoms with Gasteiger partial charge < -0.3 is 44.0 Å². The summed E-state index contributed by atoms with van der Waals surface area (Å²) in [6, 6.07) is 2.83. The van der Waals surface area contributed by atoms with E-state index in [1.54, 1.807) is 30.3 Å². The van der Waals surface area contributed by atoms with Crippen molar-refractivity contribution in [3.05, 3.63) is 35.9 Å². The number of carboxylic acids is 1. The van der Waals surface area contributed by atoms with Crippen molar-refractivity contribution in [1.29, 1.82) is 0 Å². The molecule has 1 aromatic carbocycles. The van der Waals surface area contributed by atoms with E-state index in [0.29, 0.717) is 5.56 Å². The van der Waals surface area contributed by atoms with Crippen LogP contribution in [0.25, 0.3) is 0 Å². The Morgan fingerprint density at radius 2 is 1.18 bits per heavy atom. The molecule has 0 unspecified atom stereocenters. The predicted molar refractivity (Wildman–Crippen MR) is 132 cm³/mol. The molecule has 0 spiro atoms. The van der Waals surface area contributed by atoms with E-state index in [9.17, 15) is 38.7 Å². The fourth-order valence-corrected chi connectivity index (χ4v) is 3.27. The standard InChI is InChI=1S/C23H33N7O8/c24-13(6-8-17(25)31)20(34)29-16(11-19(27)33)22(36)30-15(10-12-4-2-1-3-5-12)21(35)28-14(23(37)38)7-9-18(26)32/h1-5,13-16H,6-11,24H2,(H2,25,31)(H2,26,32)(H2,27,33)(H,28,35)(H,29,34)(H,30,36)(H,37,38)/t13-,14-,15-,16-/m0/s1. The zero-order valence-electron chi connectivity index (χ0n) is 20.6. The van der Waals surface area contributed by atoms with Crippen molar-refractivity contribution in [2.24, 2.45) is 22.9 Å². The molecule has 0 fully saturated rings. The molecule has 15 nitrogen and oxygen atoms in total. The molecule has 1 rings (SSSR count). The van der Waals surface area contributed by atoms with Gasteiger partial charge in [-0.25, -0.2) is 4.79 Å². The smallest absolute Gasteiger partial charge is 0.326 e. The predicted octanol–water partition coefficient (Wildman–Crippen LogP) is -3.50. The maximum absolute atomic E-state index is 13.0. The van der Waals surface area contributed by atoms with Crippen molar-refractivity contribution in [2.75, 3.05) is 0 Å². The molecule has 208 valence electrons. The van der Waals surface area contributed by atoms with E-state index >= 15 is 0 Å². The first kappa shape index (κ1) is 31.5. The monoisotopic (exact) mass is 535 g/mol. The summed E-state index contributed by atoms with van der Waals surface area (Å²) in [6.07, 6.45) is -1.64. The van der Waals surface area contributed by atoms with Gasteiger partial charge in [0.15, 0.2) is 0 Å². The van der Waals surface area contributed by atoms with Crippen molar-refractivity contribution >= 4 is 41.4 Å². The van der Waals surface area contributed by atoms with Gasteiger partial charge in [0.1, 0.15) is 18.1 Å². The number of hydrogen-bond acceptors (Lipinski definition) is 8. The molecule has 15 heteroatoms. The van der Waals surface area contributed by atoms with E-state index in [1.165, 1.54) is 0 Å². The van der Waals surface area contributed by atoms with E-state index in [2.05, 4.69) is 16.0 Å². The second kappa shape index (κ2) is 15.6. The summed E-state index contributed by atoms with van der Waals surface area (Å²) in [5, 5.41) is 16.3. The SMILES string of the molecule is NC(=O)CC[C@H](NC(=O)[C@H](Cc1ccccc1)NC(=O)[C@H](CC(N)=O)NC(=O)[C@@H](N)CCC(N)=O)C(=O)O. The minimum atomic E-state index is -1.53. The topological polar surface area (TPSA) is 280 Å². The lowest BCUT2D eigenvalue weighted by molar-refractivity contribution is -0.142. The number of carbonyl (C=O) groups excluding carboxylic acids is 6. The van der Waals surface area contributed by atoms with Gasteiger partial charge in [-0.2, -0.15) is 0 Å². The van der Waals surface area contributed by atoms with Gasteiger partial charge >= 0.3 is 5.97 Å². The Balaban J connectivity index is 3.11. The number of aliphatic carboxylic acids is 1. The third-order valence-corrected chi connectivity index (χ3v) is 5.29. The minimum absolute atomic E-state index is 0.0874. The second-order valence-corrected chi connectivity index (χ2v) is 8.50. The normalized spacial score (nSPS) is 13.7. The summed E-state index contributed by atoms with van der Waals surface area (Å²) in [7, 11) is 0. The Morgan fingerprint density at radius 3 is 1.71 bits per heavy atom. The van der Waals surface area contributed by atoms with Crippen LogP contribution in [0.5, 0.6) is 0 Å². The molecule has 6 amide bonds. The van der Waals surface area contributed by atoms with Gasteiger partial charge in [-0.1, -0.05) is 30.3 Å². The van der Waals surface area contributed by atoms with Crippen LogP contribution in [0.1, 0.15) is 37.7 Å². The third kappa shape index (κ3) is 11.9. The summed E-state index contributed by atoms with van der Waals surface area (Å²) in [6.45, 7) is 0. The van der Waals surface area contributed by atoms with Gasteiger partial charge in [0.05, 0.1) is 12.5 Å². The fraction of sp³-hybridized carbons (Fsp3) is 0.435. The van der Waals surface area contributed by atoms with E-state index in [-0.39, 0.29) is 32.1 Å². The van der Waals surface area contributed by atoms with Crippen LogP contribution in [-0.4, -0.2) is 70.7 Å². The lowest BCUT2D eigenvalue weighted by Gasteiger charge is -2.25. The summed E-state index contributed by atoms with van der Waals surface area (Å²) < 4.78 is 0. The quantitative estimate of drug-likeness (QED) is 0.0980. The number of amides is 6. The highest BCUT2D eigenvalue weighted by Gasteiger charge is 2.31. The van der Waals surface area contributed by atoms with E-state index < -0.39 is 72.0 Å². The van der Waals surface area contributed by atoms with Crippen LogP contribution < -0.4 is 38.9 Å². The van der Waals surface area contributed by atoms with Crippen molar-refractivity contribution in [3.63, 3.8) is 0 Å². The molecule has 0 aliphatic rings. The molecule has 0 aromatic heterocycles. The van der Waals surface area contributed by atoms with Gasteiger partial charge in [0, 0.05) is 19.3 Å². The second-order valence-electron chi connectivity index (χ2n) is 8.50. The Bertz CT molecular complexity index is 1030. The highest BCUT2D eigenvalue weighted by molar-refractivity contribution is 5.96. The number of nitrogens with two attached hydrogens (primary N) is 4. The van der Waals surface area contributed by atoms with Crippen molar-refractivity contribution < 1.29 is 38.7 Å². The maximum atomic E-state index is 13.0. The molecular formula is C23H33N7O8. The molecule has 0 saturated heterocycles. The average molecular weight is 536 g/mol. The summed E-state index contributed by atoms with van der Waals surface area (Å²) in [5.41, 5.74) is 21.6. The van der Waals surface area contributed by atoms with E-state index in [1.807, 2.05) is 0 Å². The Morgan fingerprint density at radius 1 is 0.684 bits per heavy atom. The number of rotatable bonds is 17. The first-order chi connectivity index (χ1) is 17.8. The molecule has 1 aromatic rings. The molecule has 38 heavy (non-hydrogen) atoms. The van der Waals surface area contributed by atoms with Crippen LogP contribution in [0.4, 0.5) is 0 Å². The minimum Gasteiger partial charge on any atom is -0.480 e. The fourth-order valence-electron chi connectivity index (χ4n) is 3.27. The van der Waals surface area contributed by atoms with Crippen molar-refractivity contribution in [2.45, 2.75) is 62.7 Å². The van der Waals surface area contributed by atoms with Crippen LogP contribution in [0.3, 0.4) is 0 Å². The lowest BCUT2D eigenvalue weighted by atomic mass is 10.0. The van der Waals surface area contributed by atoms with Crippen LogP contribution in [0, 0.1) is 0 Å². The first-order valence-electron chi connectivity index (χ1n) is 11.6. The van der Waals surface area contributed by atoms with Crippen LogP contribution in [0.15, 0.2) is 30.3 Å². The van der Waals surface area contributed by atoms with Gasteiger partial charge in [-0.3, -0.25) is 28.8 Å². The number of primary amides is 3. The number of carboxylic acid groups (broad SMARTS) is 1. The van der Waals surface area contributed by atoms with Crippen LogP contribution in [0.2, 0.25) is 0 Å². The Kier molecular flexibility index (Phi) is 12.9. The summed E-state index contributed by atoms with van der Waals surface area (Å²) in [5.74, 6) is -6.57. The molecule has 0 aliphatic carbocycles. The number of carbonyl (C=O) groups is 7. The summed E-state index contributed by atoms with van der Waals surface area (Å²) in [4.78, 5) is 83.6. The molecule has 12 N–H and O–H groups in total. The highest BCUT2D eigenvalue weighted by atomic mass is 16.4. The Hall–Kier alpha value is -4.53. The average Bonchev–Trinajstić information content (AvgIpc) is 2.83. The van der Waals surface area contributed by atoms with E-state index in [0.717, 1.165) is 0 Å². The van der Waals surface area contributed by atoms with Crippen LogP contribution in [-0.2, 0) is 40.0 Å². The molecular weight excluding hydrogens is 502 g/mol. The number of nitrogens with one attached hydrogen (secondary N) is 3. The summed E-state index contributed by atoms with van der Waals surface area (Å²) >= 11 is 0. The molecule has 0 heterocycles. The molecule has 0 bridgehead atoms. The molecule has 4 atom stereocenters. The third-order valence-electron chi connectivity index (χ3n) is 5.29.